The van der Waals surface area contributed by atoms with E-state index in [1.807, 2.05) is 24.3 Å². The smallest absolute Gasteiger partial charge is 0.131 e. The first-order valence-corrected chi connectivity index (χ1v) is 7.94. The Labute approximate surface area is 134 Å². The van der Waals surface area contributed by atoms with Crippen LogP contribution in [-0.2, 0) is 16.1 Å². The topological polar surface area (TPSA) is 88.4 Å². The molecular weight excluding hydrogens is 308 g/mol. The Hall–Kier alpha value is -0.830. The third kappa shape index (κ3) is 3.92. The second kappa shape index (κ2) is 8.14. The summed E-state index contributed by atoms with van der Waals surface area (Å²) in [5.74, 6) is 0.748. The van der Waals surface area contributed by atoms with Crippen LogP contribution in [0.3, 0.4) is 0 Å². The molecule has 2 rings (SSSR count). The van der Waals surface area contributed by atoms with Gasteiger partial charge in [-0.15, -0.1) is 11.8 Å². The van der Waals surface area contributed by atoms with Gasteiger partial charge in [-0.3, -0.25) is 0 Å². The minimum Gasteiger partial charge on any atom is -0.497 e. The minimum atomic E-state index is -0.967. The monoisotopic (exact) mass is 330 g/mol. The predicted octanol–water partition coefficient (Wildman–Crippen LogP) is 0.382. The molecule has 3 N–H and O–H groups in total. The lowest BCUT2D eigenvalue weighted by Crippen LogP contribution is -2.55. The van der Waals surface area contributed by atoms with Crippen molar-refractivity contribution in [2.24, 2.45) is 0 Å². The SMILES string of the molecule is COc1ccc(CO[C@H]2[C@H](O)[C@@H](CO)S[C@H](OC)[C@H]2O)cc1. The van der Waals surface area contributed by atoms with Crippen molar-refractivity contribution in [3.05, 3.63) is 29.8 Å². The van der Waals surface area contributed by atoms with Gasteiger partial charge in [-0.25, -0.2) is 0 Å². The van der Waals surface area contributed by atoms with Gasteiger partial charge in [0.1, 0.15) is 23.4 Å². The highest BCUT2D eigenvalue weighted by Crippen LogP contribution is 2.34. The highest BCUT2D eigenvalue weighted by atomic mass is 32.2. The fourth-order valence-electron chi connectivity index (χ4n) is 2.36. The standard InChI is InChI=1S/C15H22O6S/c1-19-10-5-3-9(4-6-10)8-21-14-12(17)11(7-16)22-15(20-2)13(14)18/h3-6,11-18H,7-8H2,1-2H3/t11-,12-,13+,14+,15+/m1/s1. The maximum atomic E-state index is 10.2. The van der Waals surface area contributed by atoms with Crippen LogP contribution in [0.5, 0.6) is 5.75 Å². The van der Waals surface area contributed by atoms with E-state index in [0.717, 1.165) is 11.3 Å². The van der Waals surface area contributed by atoms with Gasteiger partial charge in [0.05, 0.1) is 31.7 Å². The van der Waals surface area contributed by atoms with Crippen molar-refractivity contribution in [1.29, 1.82) is 0 Å². The van der Waals surface area contributed by atoms with Gasteiger partial charge in [-0.1, -0.05) is 12.1 Å². The summed E-state index contributed by atoms with van der Waals surface area (Å²) in [6.07, 6.45) is -2.74. The molecule has 0 radical (unpaired) electrons. The van der Waals surface area contributed by atoms with Crippen molar-refractivity contribution < 1.29 is 29.5 Å². The third-order valence-corrected chi connectivity index (χ3v) is 5.17. The number of benzene rings is 1. The van der Waals surface area contributed by atoms with Crippen LogP contribution < -0.4 is 4.74 Å². The average Bonchev–Trinajstić information content (AvgIpc) is 2.55. The van der Waals surface area contributed by atoms with Crippen LogP contribution in [0.25, 0.3) is 0 Å². The molecule has 6 nitrogen and oxygen atoms in total. The lowest BCUT2D eigenvalue weighted by atomic mass is 10.0. The Bertz CT molecular complexity index is 438. The van der Waals surface area contributed by atoms with E-state index >= 15 is 0 Å². The third-order valence-electron chi connectivity index (χ3n) is 3.66. The highest BCUT2D eigenvalue weighted by Gasteiger charge is 2.44. The molecule has 0 bridgehead atoms. The van der Waals surface area contributed by atoms with E-state index in [9.17, 15) is 15.3 Å². The molecule has 1 aliphatic rings. The van der Waals surface area contributed by atoms with Gasteiger partial charge in [0.25, 0.3) is 0 Å². The van der Waals surface area contributed by atoms with Crippen LogP contribution in [0.2, 0.25) is 0 Å². The summed E-state index contributed by atoms with van der Waals surface area (Å²) in [6.45, 7) is 0.0306. The molecule has 1 aliphatic heterocycles. The van der Waals surface area contributed by atoms with Crippen LogP contribution in [0.1, 0.15) is 5.56 Å². The number of ether oxygens (including phenoxy) is 3. The number of hydrogen-bond donors (Lipinski definition) is 3. The Morgan fingerprint density at radius 2 is 1.77 bits per heavy atom. The van der Waals surface area contributed by atoms with E-state index in [0.29, 0.717) is 0 Å². The molecule has 0 unspecified atom stereocenters. The summed E-state index contributed by atoms with van der Waals surface area (Å²) in [7, 11) is 3.07. The average molecular weight is 330 g/mol. The Morgan fingerprint density at radius 1 is 1.09 bits per heavy atom. The summed E-state index contributed by atoms with van der Waals surface area (Å²) >= 11 is 1.21. The van der Waals surface area contributed by atoms with Crippen LogP contribution in [0.4, 0.5) is 0 Å². The molecule has 5 atom stereocenters. The summed E-state index contributed by atoms with van der Waals surface area (Å²) < 4.78 is 16.0. The first kappa shape index (κ1) is 17.5. The zero-order valence-electron chi connectivity index (χ0n) is 12.6. The molecule has 22 heavy (non-hydrogen) atoms. The molecular formula is C15H22O6S. The molecule has 1 saturated heterocycles. The molecule has 1 aromatic carbocycles. The Kier molecular flexibility index (Phi) is 6.49. The van der Waals surface area contributed by atoms with Gasteiger partial charge in [0.2, 0.25) is 0 Å². The second-order valence-corrected chi connectivity index (χ2v) is 6.41. The fourth-order valence-corrected chi connectivity index (χ4v) is 3.53. The Balaban J connectivity index is 2.01. The normalized spacial score (nSPS) is 32.0. The van der Waals surface area contributed by atoms with Crippen LogP contribution >= 0.6 is 11.8 Å². The number of methoxy groups -OCH3 is 2. The van der Waals surface area contributed by atoms with Crippen molar-refractivity contribution >= 4 is 11.8 Å². The minimum absolute atomic E-state index is 0.208. The van der Waals surface area contributed by atoms with Crippen LogP contribution in [0.15, 0.2) is 24.3 Å². The predicted molar refractivity (Wildman–Crippen MR) is 82.8 cm³/mol. The summed E-state index contributed by atoms with van der Waals surface area (Å²) in [5.41, 5.74) is 0.356. The van der Waals surface area contributed by atoms with Crippen molar-refractivity contribution in [2.75, 3.05) is 20.8 Å². The number of thioether (sulfide) groups is 1. The molecule has 1 fully saturated rings. The molecule has 124 valence electrons. The van der Waals surface area contributed by atoms with Crippen molar-refractivity contribution in [3.8, 4) is 5.75 Å². The molecule has 0 spiro atoms. The lowest BCUT2D eigenvalue weighted by molar-refractivity contribution is -0.137. The van der Waals surface area contributed by atoms with Crippen LogP contribution in [0, 0.1) is 0 Å². The fraction of sp³-hybridized carbons (Fsp3) is 0.600. The maximum Gasteiger partial charge on any atom is 0.131 e. The summed E-state index contributed by atoms with van der Waals surface area (Å²) in [4.78, 5) is 0. The summed E-state index contributed by atoms with van der Waals surface area (Å²) in [6, 6.07) is 7.34. The van der Waals surface area contributed by atoms with Gasteiger partial charge in [-0.2, -0.15) is 0 Å². The van der Waals surface area contributed by atoms with Gasteiger partial charge < -0.3 is 29.5 Å². The molecule has 0 aliphatic carbocycles. The number of rotatable bonds is 6. The van der Waals surface area contributed by atoms with E-state index in [4.69, 9.17) is 14.2 Å². The molecule has 0 amide bonds. The first-order valence-electron chi connectivity index (χ1n) is 7.00. The number of aliphatic hydroxyl groups is 3. The zero-order chi connectivity index (χ0) is 16.1. The highest BCUT2D eigenvalue weighted by molar-refractivity contribution is 8.00. The van der Waals surface area contributed by atoms with Gasteiger partial charge in [0, 0.05) is 7.11 Å². The summed E-state index contributed by atoms with van der Waals surface area (Å²) in [5, 5.41) is 29.4. The second-order valence-electron chi connectivity index (χ2n) is 5.07. The van der Waals surface area contributed by atoms with Gasteiger partial charge in [-0.05, 0) is 17.7 Å². The van der Waals surface area contributed by atoms with Crippen molar-refractivity contribution in [2.45, 2.75) is 35.6 Å². The molecule has 0 saturated carbocycles. The van der Waals surface area contributed by atoms with Gasteiger partial charge in [0.15, 0.2) is 0 Å². The number of aliphatic hydroxyl groups excluding tert-OH is 3. The van der Waals surface area contributed by atoms with E-state index in [2.05, 4.69) is 0 Å². The van der Waals surface area contributed by atoms with E-state index in [1.165, 1.54) is 18.9 Å². The molecule has 7 heteroatoms. The largest absolute Gasteiger partial charge is 0.497 e. The van der Waals surface area contributed by atoms with Crippen molar-refractivity contribution in [3.63, 3.8) is 0 Å². The van der Waals surface area contributed by atoms with Crippen molar-refractivity contribution in [1.82, 2.24) is 0 Å². The molecule has 1 heterocycles. The molecule has 1 aromatic rings. The molecule has 0 aromatic heterocycles. The lowest BCUT2D eigenvalue weighted by Gasteiger charge is -2.40. The van der Waals surface area contributed by atoms with E-state index in [-0.39, 0.29) is 13.2 Å². The zero-order valence-corrected chi connectivity index (χ0v) is 13.4. The quantitative estimate of drug-likeness (QED) is 0.695. The van der Waals surface area contributed by atoms with E-state index < -0.39 is 29.0 Å². The first-order chi connectivity index (χ1) is 10.6. The Morgan fingerprint density at radius 3 is 2.32 bits per heavy atom. The van der Waals surface area contributed by atoms with E-state index in [1.54, 1.807) is 7.11 Å². The van der Waals surface area contributed by atoms with Crippen LogP contribution in [-0.4, -0.2) is 65.1 Å². The maximum absolute atomic E-state index is 10.2. The number of hydrogen-bond acceptors (Lipinski definition) is 7. The van der Waals surface area contributed by atoms with Gasteiger partial charge >= 0.3 is 0 Å².